The normalized spacial score (nSPS) is 15.6. The van der Waals surface area contributed by atoms with Gasteiger partial charge in [-0.1, -0.05) is 0 Å². The Kier molecular flexibility index (Phi) is 4.06. The largest absolute Gasteiger partial charge is 0.355 e. The summed E-state index contributed by atoms with van der Waals surface area (Å²) >= 11 is 0. The monoisotopic (exact) mass is 354 g/mol. The van der Waals surface area contributed by atoms with Gasteiger partial charge in [0.1, 0.15) is 11.8 Å². The molecule has 3 aromatic rings. The number of H-pyrrole nitrogens is 1. The molecule has 3 aromatic heterocycles. The van der Waals surface area contributed by atoms with Gasteiger partial charge in [0.15, 0.2) is 17.2 Å². The molecule has 1 amide bonds. The van der Waals surface area contributed by atoms with Crippen molar-refractivity contribution in [3.8, 4) is 0 Å². The minimum absolute atomic E-state index is 0.0230. The summed E-state index contributed by atoms with van der Waals surface area (Å²) in [6.07, 6.45) is 4.95. The molecule has 9 nitrogen and oxygen atoms in total. The van der Waals surface area contributed by atoms with Gasteiger partial charge in [0.2, 0.25) is 0 Å². The molecule has 1 N–H and O–H groups in total. The number of aromatic amines is 1. The molecule has 0 spiro atoms. The molecule has 4 rings (SSSR count). The summed E-state index contributed by atoms with van der Waals surface area (Å²) in [5, 5.41) is 4.30. The van der Waals surface area contributed by atoms with E-state index in [1.807, 2.05) is 32.0 Å². The smallest absolute Gasteiger partial charge is 0.274 e. The molecule has 4 heterocycles. The highest BCUT2D eigenvalue weighted by atomic mass is 16.2. The van der Waals surface area contributed by atoms with Crippen molar-refractivity contribution in [1.82, 2.24) is 34.6 Å². The number of carbonyl (C=O) groups excluding carboxylic acids is 1. The van der Waals surface area contributed by atoms with E-state index < -0.39 is 0 Å². The number of anilines is 1. The first-order valence-electron chi connectivity index (χ1n) is 8.71. The number of imidazole rings is 1. The van der Waals surface area contributed by atoms with Gasteiger partial charge in [-0.05, 0) is 25.8 Å². The molecule has 0 bridgehead atoms. The number of nitrogens with zero attached hydrogens (tertiary/aromatic N) is 7. The van der Waals surface area contributed by atoms with Crippen molar-refractivity contribution >= 4 is 22.9 Å². The lowest BCUT2D eigenvalue weighted by atomic mass is 10.0. The summed E-state index contributed by atoms with van der Waals surface area (Å²) < 4.78 is 1.73. The van der Waals surface area contributed by atoms with E-state index in [1.54, 1.807) is 17.3 Å². The third kappa shape index (κ3) is 2.79. The average Bonchev–Trinajstić information content (AvgIpc) is 3.27. The maximum Gasteiger partial charge on any atom is 0.274 e. The second-order valence-corrected chi connectivity index (χ2v) is 6.73. The zero-order chi connectivity index (χ0) is 18.3. The van der Waals surface area contributed by atoms with E-state index >= 15 is 0 Å². The zero-order valence-electron chi connectivity index (χ0n) is 15.2. The fourth-order valence-electron chi connectivity index (χ4n) is 3.47. The van der Waals surface area contributed by atoms with Crippen molar-refractivity contribution in [3.05, 3.63) is 30.1 Å². The zero-order valence-corrected chi connectivity index (χ0v) is 15.2. The Balaban J connectivity index is 1.44. The van der Waals surface area contributed by atoms with Crippen molar-refractivity contribution in [1.29, 1.82) is 0 Å². The van der Waals surface area contributed by atoms with E-state index in [2.05, 4.69) is 29.9 Å². The van der Waals surface area contributed by atoms with Crippen LogP contribution >= 0.6 is 0 Å². The first-order valence-corrected chi connectivity index (χ1v) is 8.71. The molecule has 0 radical (unpaired) electrons. The van der Waals surface area contributed by atoms with Crippen molar-refractivity contribution < 1.29 is 4.79 Å². The van der Waals surface area contributed by atoms with Gasteiger partial charge >= 0.3 is 0 Å². The number of hydrogen-bond acceptors (Lipinski definition) is 6. The van der Waals surface area contributed by atoms with Gasteiger partial charge in [-0.3, -0.25) is 9.48 Å². The number of piperidine rings is 1. The molecule has 136 valence electrons. The van der Waals surface area contributed by atoms with Crippen LogP contribution in [0.15, 0.2) is 18.7 Å². The van der Waals surface area contributed by atoms with E-state index in [9.17, 15) is 4.79 Å². The average molecular weight is 354 g/mol. The number of hydrogen-bond donors (Lipinski definition) is 1. The first kappa shape index (κ1) is 16.5. The van der Waals surface area contributed by atoms with Crippen LogP contribution in [0.2, 0.25) is 0 Å². The highest BCUT2D eigenvalue weighted by Gasteiger charge is 2.28. The van der Waals surface area contributed by atoms with Crippen LogP contribution in [0.25, 0.3) is 11.2 Å². The topological polar surface area (TPSA) is 95.8 Å². The minimum atomic E-state index is -0.0230. The molecule has 26 heavy (non-hydrogen) atoms. The second-order valence-electron chi connectivity index (χ2n) is 6.73. The minimum Gasteiger partial charge on any atom is -0.355 e. The van der Waals surface area contributed by atoms with Crippen molar-refractivity contribution in [3.63, 3.8) is 0 Å². The first-order chi connectivity index (χ1) is 12.5. The fourth-order valence-corrected chi connectivity index (χ4v) is 3.47. The van der Waals surface area contributed by atoms with E-state index in [0.29, 0.717) is 11.3 Å². The molecule has 9 heteroatoms. The van der Waals surface area contributed by atoms with Crippen LogP contribution in [-0.4, -0.2) is 66.7 Å². The Morgan fingerprint density at radius 1 is 1.27 bits per heavy atom. The second kappa shape index (κ2) is 6.40. The number of aryl methyl sites for hydroxylation is 2. The van der Waals surface area contributed by atoms with Crippen molar-refractivity contribution in [2.45, 2.75) is 25.8 Å². The summed E-state index contributed by atoms with van der Waals surface area (Å²) in [4.78, 5) is 32.6. The summed E-state index contributed by atoms with van der Waals surface area (Å²) in [5.74, 6) is 0.852. The lowest BCUT2D eigenvalue weighted by Crippen LogP contribution is -2.46. The molecule has 1 aliphatic rings. The van der Waals surface area contributed by atoms with E-state index in [-0.39, 0.29) is 11.9 Å². The number of carbonyl (C=O) groups is 1. The predicted octanol–water partition coefficient (Wildman–Crippen LogP) is 1.14. The maximum atomic E-state index is 12.7. The Hall–Kier alpha value is -2.97. The maximum absolute atomic E-state index is 12.7. The summed E-state index contributed by atoms with van der Waals surface area (Å²) in [6, 6.07) is 2.03. The van der Waals surface area contributed by atoms with Crippen LogP contribution in [0.1, 0.15) is 29.0 Å². The highest BCUT2D eigenvalue weighted by molar-refractivity contribution is 5.92. The molecule has 0 aromatic carbocycles. The third-order valence-electron chi connectivity index (χ3n) is 5.17. The van der Waals surface area contributed by atoms with Crippen LogP contribution in [0.5, 0.6) is 0 Å². The lowest BCUT2D eigenvalue weighted by molar-refractivity contribution is 0.0702. The summed E-state index contributed by atoms with van der Waals surface area (Å²) in [7, 11) is 3.72. The quantitative estimate of drug-likeness (QED) is 0.758. The van der Waals surface area contributed by atoms with E-state index in [1.165, 1.54) is 0 Å². The molecule has 1 aliphatic heterocycles. The van der Waals surface area contributed by atoms with E-state index in [4.69, 9.17) is 0 Å². The van der Waals surface area contributed by atoms with Crippen LogP contribution in [0.4, 0.5) is 5.82 Å². The number of nitrogens with one attached hydrogen (secondary N) is 1. The highest BCUT2D eigenvalue weighted by Crippen LogP contribution is 2.25. The van der Waals surface area contributed by atoms with Gasteiger partial charge in [-0.2, -0.15) is 5.10 Å². The van der Waals surface area contributed by atoms with Gasteiger partial charge < -0.3 is 14.8 Å². The van der Waals surface area contributed by atoms with Crippen LogP contribution in [0, 0.1) is 6.92 Å². The van der Waals surface area contributed by atoms with Crippen molar-refractivity contribution in [2.24, 2.45) is 7.05 Å². The van der Waals surface area contributed by atoms with Gasteiger partial charge in [0.05, 0.1) is 6.33 Å². The molecule has 0 atom stereocenters. The molecular weight excluding hydrogens is 332 g/mol. The Labute approximate surface area is 151 Å². The van der Waals surface area contributed by atoms with Gasteiger partial charge in [-0.25, -0.2) is 15.0 Å². The van der Waals surface area contributed by atoms with Crippen LogP contribution < -0.4 is 4.90 Å². The van der Waals surface area contributed by atoms with E-state index in [0.717, 1.165) is 43.0 Å². The van der Waals surface area contributed by atoms with Gasteiger partial charge in [-0.15, -0.1) is 0 Å². The summed E-state index contributed by atoms with van der Waals surface area (Å²) in [5.41, 5.74) is 3.02. The summed E-state index contributed by atoms with van der Waals surface area (Å²) in [6.45, 7) is 3.60. The molecular formula is C17H22N8O. The van der Waals surface area contributed by atoms with Gasteiger partial charge in [0.25, 0.3) is 5.91 Å². The Morgan fingerprint density at radius 3 is 2.73 bits per heavy atom. The number of rotatable bonds is 3. The van der Waals surface area contributed by atoms with Gasteiger partial charge in [0, 0.05) is 38.9 Å². The number of aromatic nitrogens is 6. The Bertz CT molecular complexity index is 918. The standard InChI is InChI=1S/C17H22N8O/c1-11-8-13(22-24(11)3)17(26)23(2)12-4-6-25(7-5-12)16-14-15(19-9-18-14)20-10-21-16/h8-10,12H,4-7H2,1-3H3,(H,18,19,20,21). The number of amides is 1. The van der Waals surface area contributed by atoms with Crippen molar-refractivity contribution in [2.75, 3.05) is 25.0 Å². The lowest BCUT2D eigenvalue weighted by Gasteiger charge is -2.37. The third-order valence-corrected chi connectivity index (χ3v) is 5.17. The number of fused-ring (bicyclic) bond motifs is 1. The van der Waals surface area contributed by atoms with Crippen LogP contribution in [-0.2, 0) is 7.05 Å². The molecule has 1 fully saturated rings. The molecule has 0 saturated carbocycles. The fraction of sp³-hybridized carbons (Fsp3) is 0.471. The van der Waals surface area contributed by atoms with Crippen LogP contribution in [0.3, 0.4) is 0 Å². The molecule has 0 aliphatic carbocycles. The molecule has 0 unspecified atom stereocenters. The SMILES string of the molecule is Cc1cc(C(=O)N(C)C2CCN(c3ncnc4nc[nH]c34)CC2)nn1C. The predicted molar refractivity (Wildman–Crippen MR) is 97.0 cm³/mol. The molecule has 1 saturated heterocycles. The Morgan fingerprint density at radius 2 is 2.04 bits per heavy atom.